The van der Waals surface area contributed by atoms with Gasteiger partial charge in [-0.25, -0.2) is 16.8 Å². The van der Waals surface area contributed by atoms with Gasteiger partial charge in [-0.05, 0) is 32.6 Å². The van der Waals surface area contributed by atoms with Crippen LogP contribution in [0.15, 0.2) is 0 Å². The molecular weight excluding hydrogens is 550 g/mol. The van der Waals surface area contributed by atoms with E-state index < -0.39 is 39.9 Å². The van der Waals surface area contributed by atoms with Crippen molar-refractivity contribution < 1.29 is 60.9 Å². The van der Waals surface area contributed by atoms with Crippen molar-refractivity contribution >= 4 is 28.9 Å². The predicted molar refractivity (Wildman–Crippen MR) is 118 cm³/mol. The molecule has 1 aliphatic heterocycles. The molecule has 0 amide bonds. The van der Waals surface area contributed by atoms with Crippen LogP contribution in [0.2, 0.25) is 6.04 Å². The van der Waals surface area contributed by atoms with Crippen LogP contribution in [-0.2, 0) is 33.3 Å². The first kappa shape index (κ1) is 34.5. The Kier molecular flexibility index (Phi) is 13.1. The van der Waals surface area contributed by atoms with Crippen LogP contribution >= 0.6 is 0 Å². The number of alkyl halides is 6. The van der Waals surface area contributed by atoms with E-state index in [1.165, 1.54) is 49.8 Å². The summed E-state index contributed by atoms with van der Waals surface area (Å²) in [4.78, 5) is 0. The third-order valence-corrected chi connectivity index (χ3v) is 11.6. The second kappa shape index (κ2) is 13.3. The van der Waals surface area contributed by atoms with Crippen molar-refractivity contribution in [2.24, 2.45) is 0 Å². The van der Waals surface area contributed by atoms with E-state index in [0.29, 0.717) is 0 Å². The topological polar surface area (TPSA) is 110 Å². The van der Waals surface area contributed by atoms with Crippen LogP contribution < -0.4 is 0 Å². The summed E-state index contributed by atoms with van der Waals surface area (Å²) in [6, 6.07) is 1.69. The van der Waals surface area contributed by atoms with Crippen molar-refractivity contribution in [1.82, 2.24) is 0 Å². The molecule has 0 aromatic carbocycles. The quantitative estimate of drug-likeness (QED) is 0.204. The van der Waals surface area contributed by atoms with Crippen molar-refractivity contribution in [3.8, 4) is 0 Å². The zero-order valence-corrected chi connectivity index (χ0v) is 22.9. The van der Waals surface area contributed by atoms with Gasteiger partial charge >= 0.3 is 19.8 Å². The molecule has 0 saturated carbocycles. The minimum Gasteiger partial charge on any atom is -0.421 e. The number of quaternary nitrogens is 1. The van der Waals surface area contributed by atoms with Gasteiger partial charge in [0.2, 0.25) is 0 Å². The van der Waals surface area contributed by atoms with Crippen LogP contribution in [0.3, 0.4) is 0 Å². The number of nitrogens with zero attached hydrogens (tertiary/aromatic N) is 2. The van der Waals surface area contributed by atoms with Gasteiger partial charge in [0.1, 0.15) is 0 Å². The monoisotopic (exact) mass is 584 g/mol. The lowest BCUT2D eigenvalue weighted by atomic mass is 10.0. The summed E-state index contributed by atoms with van der Waals surface area (Å²) in [6.45, 7) is 8.66. The molecule has 0 spiro atoms. The molecular formula is C17H34F6N2O7S2Si. The summed E-state index contributed by atoms with van der Waals surface area (Å²) in [5.74, 6) is 0. The van der Waals surface area contributed by atoms with Gasteiger partial charge in [-0.3, -0.25) is 0 Å². The molecule has 18 heteroatoms. The molecule has 1 heterocycles. The van der Waals surface area contributed by atoms with Crippen molar-refractivity contribution in [3.05, 3.63) is 4.13 Å². The molecule has 0 radical (unpaired) electrons. The third kappa shape index (κ3) is 9.71. The largest absolute Gasteiger partial charge is 0.500 e. The van der Waals surface area contributed by atoms with E-state index in [1.807, 2.05) is 0 Å². The zero-order valence-electron chi connectivity index (χ0n) is 20.3. The average molecular weight is 585 g/mol. The second-order valence-electron chi connectivity index (χ2n) is 8.02. The number of halogens is 6. The summed E-state index contributed by atoms with van der Waals surface area (Å²) in [5, 5.41) is 0. The lowest BCUT2D eigenvalue weighted by molar-refractivity contribution is -0.953. The molecule has 1 rings (SSSR count). The van der Waals surface area contributed by atoms with E-state index in [1.54, 1.807) is 21.3 Å². The number of likely N-dealkylation sites (tertiary alicyclic amines) is 1. The van der Waals surface area contributed by atoms with Gasteiger partial charge in [-0.1, -0.05) is 6.92 Å². The Balaban J connectivity index is 0.000000691. The number of rotatable bonds is 11. The van der Waals surface area contributed by atoms with Gasteiger partial charge < -0.3 is 21.9 Å². The summed E-state index contributed by atoms with van der Waals surface area (Å²) in [7, 11) is -10.7. The summed E-state index contributed by atoms with van der Waals surface area (Å²) in [6.07, 6.45) is 6.56. The van der Waals surface area contributed by atoms with Crippen molar-refractivity contribution in [2.45, 2.75) is 69.1 Å². The normalized spacial score (nSPS) is 18.5. The smallest absolute Gasteiger partial charge is 0.421 e. The van der Waals surface area contributed by atoms with Gasteiger partial charge in [0.25, 0.3) is 0 Å². The molecule has 1 aliphatic rings. The van der Waals surface area contributed by atoms with Gasteiger partial charge in [-0.2, -0.15) is 26.3 Å². The summed E-state index contributed by atoms with van der Waals surface area (Å²) < 4.78 is 127. The Labute approximate surface area is 204 Å². The number of piperidine rings is 1. The SMILES string of the molecule is CCC(C)[N+]1(CCC[Si](OC)(OC)OC)CCCCC1.O=S(=O)([N-]S(=O)(=O)C(F)(F)F)C(F)(F)F. The molecule has 1 atom stereocenters. The minimum absolute atomic E-state index is 0.763. The first-order valence-electron chi connectivity index (χ1n) is 10.7. The maximum absolute atomic E-state index is 11.4. The van der Waals surface area contributed by atoms with E-state index in [4.69, 9.17) is 13.3 Å². The Morgan fingerprint density at radius 2 is 1.26 bits per heavy atom. The Hall–Kier alpha value is -0.503. The first-order valence-corrected chi connectivity index (χ1v) is 15.5. The molecule has 0 N–H and O–H groups in total. The number of hydrogen-bond acceptors (Lipinski definition) is 7. The molecule has 1 fully saturated rings. The van der Waals surface area contributed by atoms with E-state index in [-0.39, 0.29) is 0 Å². The van der Waals surface area contributed by atoms with Crippen LogP contribution in [0.4, 0.5) is 26.3 Å². The van der Waals surface area contributed by atoms with E-state index in [0.717, 1.165) is 22.6 Å². The highest BCUT2D eigenvalue weighted by Gasteiger charge is 2.47. The molecule has 35 heavy (non-hydrogen) atoms. The average Bonchev–Trinajstić information content (AvgIpc) is 2.75. The Morgan fingerprint density at radius 1 is 0.857 bits per heavy atom. The van der Waals surface area contributed by atoms with Gasteiger partial charge in [-0.15, -0.1) is 0 Å². The van der Waals surface area contributed by atoms with Gasteiger partial charge in [0.15, 0.2) is 20.0 Å². The molecule has 0 aromatic heterocycles. The standard InChI is InChI=1S/C15H34NO3Si.C2F6NO4S2/c1-6-15(2)16(11-8-7-9-12-16)13-10-14-20(17-3,18-4)19-5;3-1(4,5)14(10,11)9-15(12,13)2(6,7)8/h15H,6-14H2,1-5H3;/q+1;-1. The van der Waals surface area contributed by atoms with Crippen LogP contribution in [-0.4, -0.2) is 88.1 Å². The second-order valence-corrected chi connectivity index (χ2v) is 14.5. The molecule has 0 aromatic rings. The van der Waals surface area contributed by atoms with Crippen molar-refractivity contribution in [1.29, 1.82) is 0 Å². The fourth-order valence-electron chi connectivity index (χ4n) is 3.79. The molecule has 1 unspecified atom stereocenters. The fourth-order valence-corrected chi connectivity index (χ4v) is 7.21. The predicted octanol–water partition coefficient (Wildman–Crippen LogP) is 4.11. The first-order chi connectivity index (χ1) is 15.8. The van der Waals surface area contributed by atoms with Crippen LogP contribution in [0, 0.1) is 0 Å². The van der Waals surface area contributed by atoms with Gasteiger partial charge in [0.05, 0.1) is 25.7 Å². The highest BCUT2D eigenvalue weighted by molar-refractivity contribution is 8.13. The maximum Gasteiger partial charge on any atom is 0.500 e. The summed E-state index contributed by atoms with van der Waals surface area (Å²) in [5.41, 5.74) is -12.4. The third-order valence-electron chi connectivity index (χ3n) is 6.03. The fraction of sp³-hybridized carbons (Fsp3) is 1.00. The van der Waals surface area contributed by atoms with Crippen molar-refractivity contribution in [3.63, 3.8) is 0 Å². The molecule has 0 bridgehead atoms. The zero-order chi connectivity index (χ0) is 27.8. The maximum atomic E-state index is 11.4. The van der Waals surface area contributed by atoms with Crippen LogP contribution in [0.25, 0.3) is 4.13 Å². The minimum atomic E-state index is -6.72. The highest BCUT2D eigenvalue weighted by atomic mass is 32.3. The Morgan fingerprint density at radius 3 is 1.57 bits per heavy atom. The van der Waals surface area contributed by atoms with Crippen LogP contribution in [0.1, 0.15) is 46.0 Å². The summed E-state index contributed by atoms with van der Waals surface area (Å²) >= 11 is 0. The number of sulfonamides is 2. The molecule has 212 valence electrons. The lowest BCUT2D eigenvalue weighted by Crippen LogP contribution is -2.57. The molecule has 1 saturated heterocycles. The lowest BCUT2D eigenvalue weighted by Gasteiger charge is -2.46. The molecule has 0 aliphatic carbocycles. The number of hydrogen-bond donors (Lipinski definition) is 0. The van der Waals surface area contributed by atoms with E-state index >= 15 is 0 Å². The highest BCUT2D eigenvalue weighted by Crippen LogP contribution is 2.36. The van der Waals surface area contributed by atoms with E-state index in [9.17, 15) is 43.2 Å². The van der Waals surface area contributed by atoms with Gasteiger partial charge in [0, 0.05) is 33.8 Å². The van der Waals surface area contributed by atoms with Crippen molar-refractivity contribution in [2.75, 3.05) is 41.0 Å². The molecule has 9 nitrogen and oxygen atoms in total. The Bertz CT molecular complexity index is 794. The van der Waals surface area contributed by atoms with Crippen LogP contribution in [0.5, 0.6) is 0 Å². The van der Waals surface area contributed by atoms with E-state index in [2.05, 4.69) is 13.8 Å².